The lowest BCUT2D eigenvalue weighted by atomic mass is 9.84. The second-order valence-corrected chi connectivity index (χ2v) is 7.66. The van der Waals surface area contributed by atoms with E-state index in [1.54, 1.807) is 0 Å². The molecule has 8 nitrogen and oxygen atoms in total. The molecule has 2 atom stereocenters. The summed E-state index contributed by atoms with van der Waals surface area (Å²) in [5.41, 5.74) is -0.314. The van der Waals surface area contributed by atoms with Crippen LogP contribution < -0.4 is 10.9 Å². The van der Waals surface area contributed by atoms with Gasteiger partial charge < -0.3 is 19.9 Å². The number of fused-ring (bicyclic) bond motifs is 1. The quantitative estimate of drug-likeness (QED) is 0.774. The molecule has 146 valence electrons. The maximum Gasteiger partial charge on any atom is 0.253 e. The zero-order valence-corrected chi connectivity index (χ0v) is 15.4. The van der Waals surface area contributed by atoms with Crippen LogP contribution in [0.4, 0.5) is 0 Å². The van der Waals surface area contributed by atoms with Crippen molar-refractivity contribution in [2.75, 3.05) is 39.4 Å². The summed E-state index contributed by atoms with van der Waals surface area (Å²) in [6, 6.07) is 2.79. The largest absolute Gasteiger partial charge is 0.378 e. The molecule has 0 aromatic carbocycles. The minimum atomic E-state index is -0.501. The van der Waals surface area contributed by atoms with Crippen LogP contribution in [0.2, 0.25) is 0 Å². The Bertz CT molecular complexity index is 753. The van der Waals surface area contributed by atoms with Crippen molar-refractivity contribution in [1.82, 2.24) is 20.1 Å². The fraction of sp³-hybridized carbons (Fsp3) is 0.632. The van der Waals surface area contributed by atoms with Crippen LogP contribution >= 0.6 is 0 Å². The molecule has 3 fully saturated rings. The lowest BCUT2D eigenvalue weighted by molar-refractivity contribution is -0.149. The number of nitrogens with zero attached hydrogens (tertiary/aromatic N) is 2. The molecule has 0 radical (unpaired) electrons. The van der Waals surface area contributed by atoms with Crippen molar-refractivity contribution < 1.29 is 14.3 Å². The van der Waals surface area contributed by atoms with Crippen molar-refractivity contribution in [2.24, 2.45) is 0 Å². The number of aromatic amines is 1. The highest BCUT2D eigenvalue weighted by Gasteiger charge is 2.53. The number of nitrogens with one attached hydrogen (secondary N) is 2. The van der Waals surface area contributed by atoms with Gasteiger partial charge in [-0.15, -0.1) is 0 Å². The van der Waals surface area contributed by atoms with Gasteiger partial charge in [0.15, 0.2) is 0 Å². The molecule has 3 aliphatic rings. The van der Waals surface area contributed by atoms with Crippen molar-refractivity contribution in [3.63, 3.8) is 0 Å². The molecular weight excluding hydrogens is 348 g/mol. The number of pyridine rings is 1. The van der Waals surface area contributed by atoms with E-state index in [-0.39, 0.29) is 23.4 Å². The molecule has 8 heteroatoms. The van der Waals surface area contributed by atoms with Crippen LogP contribution in [-0.4, -0.2) is 77.6 Å². The second-order valence-electron chi connectivity index (χ2n) is 7.66. The Hall–Kier alpha value is -2.19. The van der Waals surface area contributed by atoms with E-state index < -0.39 is 5.54 Å². The summed E-state index contributed by atoms with van der Waals surface area (Å²) in [6.45, 7) is 4.04. The third-order valence-corrected chi connectivity index (χ3v) is 5.98. The van der Waals surface area contributed by atoms with Crippen molar-refractivity contribution in [3.05, 3.63) is 34.2 Å². The highest BCUT2D eigenvalue weighted by atomic mass is 16.5. The van der Waals surface area contributed by atoms with E-state index in [1.165, 1.54) is 18.3 Å². The number of ether oxygens (including phenoxy) is 1. The molecule has 4 rings (SSSR count). The summed E-state index contributed by atoms with van der Waals surface area (Å²) < 4.78 is 5.39. The molecule has 1 aromatic heterocycles. The first-order valence-electron chi connectivity index (χ1n) is 9.70. The molecule has 0 bridgehead atoms. The number of hydrogen-bond donors (Lipinski definition) is 2. The van der Waals surface area contributed by atoms with Gasteiger partial charge in [0.1, 0.15) is 5.54 Å². The normalized spacial score (nSPS) is 28.6. The fourth-order valence-electron chi connectivity index (χ4n) is 4.64. The molecular formula is C19H26N4O4. The number of aromatic nitrogens is 1. The third kappa shape index (κ3) is 3.51. The van der Waals surface area contributed by atoms with E-state index in [0.717, 1.165) is 25.8 Å². The zero-order valence-electron chi connectivity index (χ0n) is 15.4. The Morgan fingerprint density at radius 3 is 2.74 bits per heavy atom. The Labute approximate surface area is 157 Å². The third-order valence-electron chi connectivity index (χ3n) is 5.98. The lowest BCUT2D eigenvalue weighted by Crippen LogP contribution is -2.60. The van der Waals surface area contributed by atoms with Crippen molar-refractivity contribution in [3.8, 4) is 0 Å². The van der Waals surface area contributed by atoms with Gasteiger partial charge in [-0.25, -0.2) is 0 Å². The number of hydrogen-bond acceptors (Lipinski definition) is 5. The SMILES string of the molecule is O=C(N[C@@H]1CN2CCCC[C@]2(C(=O)N2CCOCC2)C1)c1ccc(=O)[nH]c1. The summed E-state index contributed by atoms with van der Waals surface area (Å²) >= 11 is 0. The Kier molecular flexibility index (Phi) is 5.01. The van der Waals surface area contributed by atoms with Crippen molar-refractivity contribution in [2.45, 2.75) is 37.3 Å². The summed E-state index contributed by atoms with van der Waals surface area (Å²) in [7, 11) is 0. The summed E-state index contributed by atoms with van der Waals surface area (Å²) in [5, 5.41) is 3.06. The number of carbonyl (C=O) groups is 2. The average molecular weight is 374 g/mol. The van der Waals surface area contributed by atoms with Crippen LogP contribution in [0.1, 0.15) is 36.0 Å². The second kappa shape index (κ2) is 7.44. The number of carbonyl (C=O) groups excluding carboxylic acids is 2. The lowest BCUT2D eigenvalue weighted by Gasteiger charge is -2.44. The van der Waals surface area contributed by atoms with Gasteiger partial charge in [0.2, 0.25) is 11.5 Å². The van der Waals surface area contributed by atoms with Crippen LogP contribution in [0.3, 0.4) is 0 Å². The number of amides is 2. The van der Waals surface area contributed by atoms with Gasteiger partial charge in [-0.3, -0.25) is 19.3 Å². The molecule has 2 amide bonds. The molecule has 3 aliphatic heterocycles. The van der Waals surface area contributed by atoms with E-state index in [9.17, 15) is 14.4 Å². The predicted octanol–water partition coefficient (Wildman–Crippen LogP) is -0.0395. The van der Waals surface area contributed by atoms with E-state index in [1.807, 2.05) is 4.90 Å². The van der Waals surface area contributed by atoms with Gasteiger partial charge in [-0.05, 0) is 38.3 Å². The maximum atomic E-state index is 13.4. The molecule has 1 aromatic rings. The van der Waals surface area contributed by atoms with Gasteiger partial charge >= 0.3 is 0 Å². The Morgan fingerprint density at radius 1 is 1.19 bits per heavy atom. The molecule has 2 N–H and O–H groups in total. The molecule has 4 heterocycles. The first kappa shape index (κ1) is 18.2. The maximum absolute atomic E-state index is 13.4. The first-order chi connectivity index (χ1) is 13.1. The number of H-pyrrole nitrogens is 1. The van der Waals surface area contributed by atoms with Crippen LogP contribution in [0, 0.1) is 0 Å². The van der Waals surface area contributed by atoms with E-state index in [0.29, 0.717) is 44.8 Å². The minimum Gasteiger partial charge on any atom is -0.378 e. The van der Waals surface area contributed by atoms with Crippen LogP contribution in [0.5, 0.6) is 0 Å². The van der Waals surface area contributed by atoms with Crippen molar-refractivity contribution >= 4 is 11.8 Å². The molecule has 3 saturated heterocycles. The topological polar surface area (TPSA) is 94.7 Å². The average Bonchev–Trinajstić information content (AvgIpc) is 3.07. The Balaban J connectivity index is 1.49. The van der Waals surface area contributed by atoms with Gasteiger partial charge in [0.25, 0.3) is 5.91 Å². The summed E-state index contributed by atoms with van der Waals surface area (Å²) in [4.78, 5) is 43.8. The van der Waals surface area contributed by atoms with Gasteiger partial charge in [0, 0.05) is 37.9 Å². The summed E-state index contributed by atoms with van der Waals surface area (Å²) in [5.74, 6) is -0.0311. The first-order valence-corrected chi connectivity index (χ1v) is 9.70. The fourth-order valence-corrected chi connectivity index (χ4v) is 4.64. The number of morpholine rings is 1. The van der Waals surface area contributed by atoms with Crippen LogP contribution in [-0.2, 0) is 9.53 Å². The highest BCUT2D eigenvalue weighted by molar-refractivity contribution is 5.94. The van der Waals surface area contributed by atoms with Gasteiger partial charge in [-0.2, -0.15) is 0 Å². The minimum absolute atomic E-state index is 0.0764. The zero-order chi connectivity index (χ0) is 18.9. The number of piperidine rings is 1. The van der Waals surface area contributed by atoms with Crippen LogP contribution in [0.25, 0.3) is 0 Å². The van der Waals surface area contributed by atoms with E-state index in [4.69, 9.17) is 4.74 Å². The van der Waals surface area contributed by atoms with Gasteiger partial charge in [-0.1, -0.05) is 0 Å². The molecule has 0 spiro atoms. The standard InChI is InChI=1S/C19H26N4O4/c24-16-4-3-14(12-20-16)17(25)21-15-11-19(5-1-2-6-23(19)13-15)18(26)22-7-9-27-10-8-22/h3-4,12,15H,1-2,5-11,13H2,(H,20,24)(H,21,25)/t15-,19+/m0/s1. The van der Waals surface area contributed by atoms with Crippen LogP contribution in [0.15, 0.2) is 23.1 Å². The monoisotopic (exact) mass is 374 g/mol. The van der Waals surface area contributed by atoms with Crippen molar-refractivity contribution in [1.29, 1.82) is 0 Å². The Morgan fingerprint density at radius 2 is 2.00 bits per heavy atom. The molecule has 0 unspecified atom stereocenters. The molecule has 0 saturated carbocycles. The molecule has 0 aliphatic carbocycles. The summed E-state index contributed by atoms with van der Waals surface area (Å²) in [6.07, 6.45) is 5.02. The van der Waals surface area contributed by atoms with E-state index in [2.05, 4.69) is 15.2 Å². The van der Waals surface area contributed by atoms with E-state index >= 15 is 0 Å². The smallest absolute Gasteiger partial charge is 0.253 e. The van der Waals surface area contributed by atoms with Gasteiger partial charge in [0.05, 0.1) is 18.8 Å². The highest BCUT2D eigenvalue weighted by Crippen LogP contribution is 2.39. The predicted molar refractivity (Wildman–Crippen MR) is 98.5 cm³/mol. The molecule has 27 heavy (non-hydrogen) atoms. The number of rotatable bonds is 3.